The third kappa shape index (κ3) is 1.81. The van der Waals surface area contributed by atoms with Crippen LogP contribution in [0.3, 0.4) is 0 Å². The van der Waals surface area contributed by atoms with Gasteiger partial charge in [0.15, 0.2) is 0 Å². The van der Waals surface area contributed by atoms with E-state index < -0.39 is 0 Å². The van der Waals surface area contributed by atoms with Crippen molar-refractivity contribution in [3.63, 3.8) is 0 Å². The van der Waals surface area contributed by atoms with Gasteiger partial charge in [-0.3, -0.25) is 9.58 Å². The number of hydrogen-bond acceptors (Lipinski definition) is 3. The second-order valence-corrected chi connectivity index (χ2v) is 3.86. The van der Waals surface area contributed by atoms with Crippen LogP contribution in [0.2, 0.25) is 0 Å². The van der Waals surface area contributed by atoms with Crippen LogP contribution in [0.4, 0.5) is 0 Å². The van der Waals surface area contributed by atoms with Gasteiger partial charge in [0, 0.05) is 31.4 Å². The molecule has 0 atom stereocenters. The maximum Gasteiger partial charge on any atom is 0.0772 e. The highest BCUT2D eigenvalue weighted by Crippen LogP contribution is 2.19. The number of nitrogens with one attached hydrogen (secondary N) is 1. The van der Waals surface area contributed by atoms with Crippen LogP contribution in [0.1, 0.15) is 18.5 Å². The summed E-state index contributed by atoms with van der Waals surface area (Å²) in [6.07, 6.45) is 4.10. The van der Waals surface area contributed by atoms with Crippen LogP contribution >= 0.6 is 0 Å². The minimum absolute atomic E-state index is 0.598. The number of rotatable bonds is 4. The Morgan fingerprint density at radius 3 is 3.00 bits per heavy atom. The fraction of sp³-hybridized carbons (Fsp3) is 0.700. The Morgan fingerprint density at radius 1 is 1.57 bits per heavy atom. The molecule has 1 saturated heterocycles. The van der Waals surface area contributed by atoms with Crippen molar-refractivity contribution in [3.05, 3.63) is 18.0 Å². The van der Waals surface area contributed by atoms with Crippen molar-refractivity contribution in [2.45, 2.75) is 19.5 Å². The van der Waals surface area contributed by atoms with Crippen LogP contribution in [-0.4, -0.2) is 41.4 Å². The zero-order chi connectivity index (χ0) is 9.97. The molecule has 1 N–H and O–H groups in total. The number of hydrogen-bond donors (Lipinski definition) is 1. The van der Waals surface area contributed by atoms with E-state index in [0.29, 0.717) is 6.04 Å². The monoisotopic (exact) mass is 194 g/mol. The first-order valence-electron chi connectivity index (χ1n) is 5.23. The van der Waals surface area contributed by atoms with Crippen molar-refractivity contribution in [2.24, 2.45) is 0 Å². The first-order valence-corrected chi connectivity index (χ1v) is 5.23. The molecule has 0 bridgehead atoms. The third-order valence-corrected chi connectivity index (χ3v) is 2.80. The summed E-state index contributed by atoms with van der Waals surface area (Å²) in [5.41, 5.74) is 1.27. The molecule has 1 aromatic heterocycles. The zero-order valence-corrected chi connectivity index (χ0v) is 8.90. The molecular formula is C10H18N4. The van der Waals surface area contributed by atoms with Gasteiger partial charge in [-0.1, -0.05) is 6.92 Å². The summed E-state index contributed by atoms with van der Waals surface area (Å²) < 4.78 is 2.10. The lowest BCUT2D eigenvalue weighted by Gasteiger charge is -2.38. The quantitative estimate of drug-likeness (QED) is 0.757. The average molecular weight is 194 g/mol. The average Bonchev–Trinajstić information content (AvgIpc) is 2.52. The Labute approximate surface area is 84.9 Å². The molecule has 0 unspecified atom stereocenters. The molecule has 0 saturated carbocycles. The van der Waals surface area contributed by atoms with Gasteiger partial charge < -0.3 is 5.32 Å². The Morgan fingerprint density at radius 2 is 2.36 bits per heavy atom. The van der Waals surface area contributed by atoms with E-state index in [4.69, 9.17) is 0 Å². The summed E-state index contributed by atoms with van der Waals surface area (Å²) in [5, 5.41) is 7.50. The smallest absolute Gasteiger partial charge is 0.0772 e. The van der Waals surface area contributed by atoms with E-state index >= 15 is 0 Å². The van der Waals surface area contributed by atoms with Crippen molar-refractivity contribution in [1.82, 2.24) is 20.0 Å². The van der Waals surface area contributed by atoms with Crippen LogP contribution in [0, 0.1) is 0 Å². The first kappa shape index (κ1) is 9.68. The highest BCUT2D eigenvalue weighted by molar-refractivity contribution is 5.05. The molecule has 1 aromatic rings. The zero-order valence-electron chi connectivity index (χ0n) is 8.90. The molecule has 0 spiro atoms. The maximum atomic E-state index is 4.38. The molecule has 0 radical (unpaired) electrons. The van der Waals surface area contributed by atoms with E-state index in [0.717, 1.165) is 26.2 Å². The van der Waals surface area contributed by atoms with Gasteiger partial charge >= 0.3 is 0 Å². The molecule has 1 aliphatic heterocycles. The molecule has 4 heteroatoms. The normalized spacial score (nSPS) is 18.4. The van der Waals surface area contributed by atoms with E-state index in [1.165, 1.54) is 5.56 Å². The summed E-state index contributed by atoms with van der Waals surface area (Å²) in [6, 6.07) is 0.598. The first-order chi connectivity index (χ1) is 6.83. The van der Waals surface area contributed by atoms with Gasteiger partial charge in [0.2, 0.25) is 0 Å². The molecule has 78 valence electrons. The maximum absolute atomic E-state index is 4.38. The minimum atomic E-state index is 0.598. The van der Waals surface area contributed by atoms with E-state index in [9.17, 15) is 0 Å². The number of likely N-dealkylation sites (tertiary alicyclic amines) is 1. The van der Waals surface area contributed by atoms with Gasteiger partial charge in [-0.25, -0.2) is 0 Å². The SMILES string of the molecule is CCN1CC(n2cc(CNC)cn2)C1. The Balaban J connectivity index is 1.91. The molecule has 0 aromatic carbocycles. The van der Waals surface area contributed by atoms with Gasteiger partial charge in [-0.15, -0.1) is 0 Å². The van der Waals surface area contributed by atoms with Gasteiger partial charge in [0.05, 0.1) is 12.2 Å². The summed E-state index contributed by atoms with van der Waals surface area (Å²) in [7, 11) is 1.96. The number of aromatic nitrogens is 2. The fourth-order valence-corrected chi connectivity index (χ4v) is 1.84. The highest BCUT2D eigenvalue weighted by atomic mass is 15.4. The molecule has 4 nitrogen and oxygen atoms in total. The van der Waals surface area contributed by atoms with Crippen LogP contribution in [0.25, 0.3) is 0 Å². The largest absolute Gasteiger partial charge is 0.316 e. The lowest BCUT2D eigenvalue weighted by molar-refractivity contribution is 0.105. The molecule has 2 rings (SSSR count). The molecule has 2 heterocycles. The summed E-state index contributed by atoms with van der Waals surface area (Å²) in [5.74, 6) is 0. The Kier molecular flexibility index (Phi) is 2.84. The van der Waals surface area contributed by atoms with Crippen molar-refractivity contribution in [3.8, 4) is 0 Å². The predicted octanol–water partition coefficient (Wildman–Crippen LogP) is 0.479. The van der Waals surface area contributed by atoms with Gasteiger partial charge in [0.1, 0.15) is 0 Å². The number of likely N-dealkylation sites (N-methyl/N-ethyl adjacent to an activating group) is 1. The van der Waals surface area contributed by atoms with Crippen LogP contribution < -0.4 is 5.32 Å². The van der Waals surface area contributed by atoms with Crippen LogP contribution in [-0.2, 0) is 6.54 Å². The second-order valence-electron chi connectivity index (χ2n) is 3.86. The second kappa shape index (κ2) is 4.11. The van der Waals surface area contributed by atoms with Crippen LogP contribution in [0.5, 0.6) is 0 Å². The van der Waals surface area contributed by atoms with E-state index in [-0.39, 0.29) is 0 Å². The molecule has 0 amide bonds. The van der Waals surface area contributed by atoms with Gasteiger partial charge in [-0.2, -0.15) is 5.10 Å². The lowest BCUT2D eigenvalue weighted by atomic mass is 10.1. The van der Waals surface area contributed by atoms with Crippen molar-refractivity contribution in [2.75, 3.05) is 26.7 Å². The molecular weight excluding hydrogens is 176 g/mol. The Hall–Kier alpha value is -0.870. The highest BCUT2D eigenvalue weighted by Gasteiger charge is 2.26. The molecule has 1 fully saturated rings. The molecule has 14 heavy (non-hydrogen) atoms. The van der Waals surface area contributed by atoms with E-state index in [2.05, 4.69) is 33.1 Å². The number of nitrogens with zero attached hydrogens (tertiary/aromatic N) is 3. The summed E-state index contributed by atoms with van der Waals surface area (Å²) >= 11 is 0. The Bertz CT molecular complexity index is 288. The van der Waals surface area contributed by atoms with Crippen LogP contribution in [0.15, 0.2) is 12.4 Å². The minimum Gasteiger partial charge on any atom is -0.316 e. The lowest BCUT2D eigenvalue weighted by Crippen LogP contribution is -2.47. The third-order valence-electron chi connectivity index (χ3n) is 2.80. The molecule has 1 aliphatic rings. The summed E-state index contributed by atoms with van der Waals surface area (Å²) in [4.78, 5) is 2.42. The van der Waals surface area contributed by atoms with Gasteiger partial charge in [-0.05, 0) is 13.6 Å². The standard InChI is InChI=1S/C10H18N4/c1-3-13-7-10(8-13)14-6-9(4-11-2)5-12-14/h5-6,10-11H,3-4,7-8H2,1-2H3. The molecule has 0 aliphatic carbocycles. The fourth-order valence-electron chi connectivity index (χ4n) is 1.84. The van der Waals surface area contributed by atoms with Crippen molar-refractivity contribution in [1.29, 1.82) is 0 Å². The van der Waals surface area contributed by atoms with Crippen molar-refractivity contribution >= 4 is 0 Å². The van der Waals surface area contributed by atoms with Gasteiger partial charge in [0.25, 0.3) is 0 Å². The van der Waals surface area contributed by atoms with E-state index in [1.54, 1.807) is 0 Å². The van der Waals surface area contributed by atoms with E-state index in [1.807, 2.05) is 13.2 Å². The summed E-state index contributed by atoms with van der Waals surface area (Å²) in [6.45, 7) is 6.56. The predicted molar refractivity (Wildman–Crippen MR) is 56.1 cm³/mol. The topological polar surface area (TPSA) is 33.1 Å². The van der Waals surface area contributed by atoms with Crippen molar-refractivity contribution < 1.29 is 0 Å².